The fraction of sp³-hybridized carbons (Fsp3) is 0.500. The Morgan fingerprint density at radius 1 is 1.78 bits per heavy atom. The van der Waals surface area contributed by atoms with Crippen molar-refractivity contribution in [1.82, 2.24) is 9.88 Å². The van der Waals surface area contributed by atoms with Crippen LogP contribution in [0.15, 0.2) is 31.0 Å². The van der Waals surface area contributed by atoms with Gasteiger partial charge in [-0.2, -0.15) is 0 Å². The van der Waals surface area contributed by atoms with Crippen molar-refractivity contribution in [3.63, 3.8) is 0 Å². The molecule has 1 aliphatic heterocycles. The number of nitrogens with zero attached hydrogens (tertiary/aromatic N) is 1. The van der Waals surface area contributed by atoms with Crippen molar-refractivity contribution in [2.45, 2.75) is 31.9 Å². The molecule has 2 rings (SSSR count). The Morgan fingerprint density at radius 3 is 3.28 bits per heavy atom. The number of amides is 1. The molecule has 1 aromatic rings. The van der Waals surface area contributed by atoms with E-state index in [0.29, 0.717) is 6.61 Å². The summed E-state index contributed by atoms with van der Waals surface area (Å²) in [7, 11) is 0. The van der Waals surface area contributed by atoms with Gasteiger partial charge in [0.25, 0.3) is 5.91 Å². The second-order valence-electron chi connectivity index (χ2n) is 4.58. The fourth-order valence-corrected chi connectivity index (χ4v) is 2.42. The first-order chi connectivity index (χ1) is 8.74. The van der Waals surface area contributed by atoms with Crippen molar-refractivity contribution in [2.75, 3.05) is 13.2 Å². The Balaban J connectivity index is 2.02. The first kappa shape index (κ1) is 12.9. The summed E-state index contributed by atoms with van der Waals surface area (Å²) in [5.41, 5.74) is 1.11. The predicted octanol–water partition coefficient (Wildman–Crippen LogP) is 2.27. The Morgan fingerprint density at radius 2 is 2.61 bits per heavy atom. The van der Waals surface area contributed by atoms with Gasteiger partial charge < -0.3 is 14.6 Å². The molecule has 0 unspecified atom stereocenters. The van der Waals surface area contributed by atoms with E-state index in [4.69, 9.17) is 4.74 Å². The molecule has 98 valence electrons. The zero-order valence-electron chi connectivity index (χ0n) is 10.8. The Labute approximate surface area is 108 Å². The van der Waals surface area contributed by atoms with E-state index in [9.17, 15) is 4.79 Å². The van der Waals surface area contributed by atoms with Crippen LogP contribution in [-0.2, 0) is 9.53 Å². The summed E-state index contributed by atoms with van der Waals surface area (Å²) < 4.78 is 5.41. The zero-order chi connectivity index (χ0) is 13.0. The molecule has 18 heavy (non-hydrogen) atoms. The lowest BCUT2D eigenvalue weighted by molar-refractivity contribution is -0.143. The van der Waals surface area contributed by atoms with Crippen LogP contribution in [0.3, 0.4) is 0 Å². The van der Waals surface area contributed by atoms with Crippen molar-refractivity contribution in [1.29, 1.82) is 0 Å². The van der Waals surface area contributed by atoms with E-state index in [1.165, 1.54) is 0 Å². The molecule has 1 aliphatic rings. The fourth-order valence-electron chi connectivity index (χ4n) is 2.42. The Kier molecular flexibility index (Phi) is 4.20. The van der Waals surface area contributed by atoms with Crippen LogP contribution >= 0.6 is 0 Å². The van der Waals surface area contributed by atoms with Crippen molar-refractivity contribution in [3.8, 4) is 0 Å². The van der Waals surface area contributed by atoms with Gasteiger partial charge in [0, 0.05) is 18.4 Å². The quantitative estimate of drug-likeness (QED) is 0.812. The van der Waals surface area contributed by atoms with Gasteiger partial charge in [0.2, 0.25) is 0 Å². The molecular formula is C14H20N2O2. The minimum absolute atomic E-state index is 0.0638. The van der Waals surface area contributed by atoms with E-state index >= 15 is 0 Å². The number of hydrogen-bond donors (Lipinski definition) is 1. The minimum Gasteiger partial charge on any atom is -0.365 e. The lowest BCUT2D eigenvalue weighted by Crippen LogP contribution is -2.38. The molecule has 0 bridgehead atoms. The molecule has 0 aliphatic carbocycles. The van der Waals surface area contributed by atoms with Crippen molar-refractivity contribution >= 4 is 5.91 Å². The van der Waals surface area contributed by atoms with Crippen LogP contribution in [0, 0.1) is 0 Å². The summed E-state index contributed by atoms with van der Waals surface area (Å²) in [6.45, 7) is 6.61. The topological polar surface area (TPSA) is 45.3 Å². The molecule has 2 atom stereocenters. The van der Waals surface area contributed by atoms with E-state index in [0.717, 1.165) is 25.1 Å². The number of likely N-dealkylation sites (tertiary alicyclic amines) is 1. The molecule has 0 saturated carbocycles. The van der Waals surface area contributed by atoms with E-state index in [1.807, 2.05) is 23.2 Å². The molecule has 1 amide bonds. The number of ether oxygens (including phenoxy) is 1. The van der Waals surface area contributed by atoms with E-state index in [-0.39, 0.29) is 11.9 Å². The summed E-state index contributed by atoms with van der Waals surface area (Å²) in [5.74, 6) is 0.0638. The SMILES string of the molecule is C=CCO[C@@H](C)C(=O)N1CCC[C@H]1c1ccc[nH]1. The average molecular weight is 248 g/mol. The van der Waals surface area contributed by atoms with Gasteiger partial charge >= 0.3 is 0 Å². The molecule has 0 spiro atoms. The number of aromatic amines is 1. The maximum absolute atomic E-state index is 12.3. The van der Waals surface area contributed by atoms with Crippen LogP contribution in [0.5, 0.6) is 0 Å². The third-order valence-electron chi connectivity index (χ3n) is 3.33. The van der Waals surface area contributed by atoms with Gasteiger partial charge in [0.05, 0.1) is 12.6 Å². The first-order valence-electron chi connectivity index (χ1n) is 6.40. The molecule has 1 saturated heterocycles. The normalized spacial score (nSPS) is 20.9. The van der Waals surface area contributed by atoms with Gasteiger partial charge in [-0.25, -0.2) is 0 Å². The maximum atomic E-state index is 12.3. The van der Waals surface area contributed by atoms with Crippen molar-refractivity contribution in [3.05, 3.63) is 36.7 Å². The van der Waals surface area contributed by atoms with Gasteiger partial charge in [0.1, 0.15) is 6.10 Å². The highest BCUT2D eigenvalue weighted by atomic mass is 16.5. The van der Waals surface area contributed by atoms with Gasteiger partial charge in [0.15, 0.2) is 0 Å². The van der Waals surface area contributed by atoms with E-state index in [2.05, 4.69) is 11.6 Å². The Hall–Kier alpha value is -1.55. The summed E-state index contributed by atoms with van der Waals surface area (Å²) in [4.78, 5) is 17.4. The highest BCUT2D eigenvalue weighted by molar-refractivity contribution is 5.81. The molecule has 4 heteroatoms. The zero-order valence-corrected chi connectivity index (χ0v) is 10.8. The molecule has 0 radical (unpaired) electrons. The van der Waals surface area contributed by atoms with Crippen LogP contribution in [0.4, 0.5) is 0 Å². The van der Waals surface area contributed by atoms with Crippen LogP contribution < -0.4 is 0 Å². The predicted molar refractivity (Wildman–Crippen MR) is 70.1 cm³/mol. The third-order valence-corrected chi connectivity index (χ3v) is 3.33. The largest absolute Gasteiger partial charge is 0.365 e. The number of carbonyl (C=O) groups is 1. The highest BCUT2D eigenvalue weighted by Gasteiger charge is 2.32. The standard InChI is InChI=1S/C14H20N2O2/c1-3-10-18-11(2)14(17)16-9-5-7-13(16)12-6-4-8-15-12/h3-4,6,8,11,13,15H,1,5,7,9-10H2,2H3/t11-,13-/m0/s1. The van der Waals surface area contributed by atoms with Crippen LogP contribution in [0.1, 0.15) is 31.5 Å². The molecular weight excluding hydrogens is 228 g/mol. The van der Waals surface area contributed by atoms with Gasteiger partial charge in [-0.3, -0.25) is 4.79 Å². The Bertz CT molecular complexity index is 400. The second kappa shape index (κ2) is 5.87. The van der Waals surface area contributed by atoms with Crippen LogP contribution in [0.2, 0.25) is 0 Å². The average Bonchev–Trinajstić information content (AvgIpc) is 3.03. The third kappa shape index (κ3) is 2.64. The van der Waals surface area contributed by atoms with E-state index in [1.54, 1.807) is 13.0 Å². The lowest BCUT2D eigenvalue weighted by atomic mass is 10.1. The van der Waals surface area contributed by atoms with E-state index < -0.39 is 6.10 Å². The molecule has 1 N–H and O–H groups in total. The summed E-state index contributed by atoms with van der Waals surface area (Å²) in [6.07, 6.45) is 5.22. The number of rotatable bonds is 5. The maximum Gasteiger partial charge on any atom is 0.251 e. The monoisotopic (exact) mass is 248 g/mol. The van der Waals surface area contributed by atoms with Gasteiger partial charge in [-0.1, -0.05) is 6.08 Å². The van der Waals surface area contributed by atoms with Gasteiger partial charge in [-0.05, 0) is 31.9 Å². The summed E-state index contributed by atoms with van der Waals surface area (Å²) in [5, 5.41) is 0. The lowest BCUT2D eigenvalue weighted by Gasteiger charge is -2.26. The highest BCUT2D eigenvalue weighted by Crippen LogP contribution is 2.31. The minimum atomic E-state index is -0.404. The molecule has 1 aromatic heterocycles. The van der Waals surface area contributed by atoms with Crippen LogP contribution in [0.25, 0.3) is 0 Å². The number of carbonyl (C=O) groups excluding carboxylic acids is 1. The van der Waals surface area contributed by atoms with Gasteiger partial charge in [-0.15, -0.1) is 6.58 Å². The first-order valence-corrected chi connectivity index (χ1v) is 6.40. The molecule has 4 nitrogen and oxygen atoms in total. The smallest absolute Gasteiger partial charge is 0.251 e. The summed E-state index contributed by atoms with van der Waals surface area (Å²) >= 11 is 0. The summed E-state index contributed by atoms with van der Waals surface area (Å²) in [6, 6.07) is 4.17. The number of H-pyrrole nitrogens is 1. The van der Waals surface area contributed by atoms with Crippen molar-refractivity contribution in [2.24, 2.45) is 0 Å². The molecule has 0 aromatic carbocycles. The number of hydrogen-bond acceptors (Lipinski definition) is 2. The van der Waals surface area contributed by atoms with Crippen molar-refractivity contribution < 1.29 is 9.53 Å². The van der Waals surface area contributed by atoms with Crippen LogP contribution in [-0.4, -0.2) is 35.0 Å². The molecule has 2 heterocycles. The number of nitrogens with one attached hydrogen (secondary N) is 1. The molecule has 1 fully saturated rings. The number of aromatic nitrogens is 1. The second-order valence-corrected chi connectivity index (χ2v) is 4.58.